The van der Waals surface area contributed by atoms with Gasteiger partial charge in [0.15, 0.2) is 11.5 Å². The third-order valence-electron chi connectivity index (χ3n) is 3.11. The van der Waals surface area contributed by atoms with Gasteiger partial charge in [-0.3, -0.25) is 15.1 Å². The van der Waals surface area contributed by atoms with Crippen LogP contribution in [0.15, 0.2) is 4.99 Å². The number of amides is 1. The zero-order chi connectivity index (χ0) is 10.4. The fourth-order valence-corrected chi connectivity index (χ4v) is 1.97. The summed E-state index contributed by atoms with van der Waals surface area (Å²) in [4.78, 5) is 15.8. The highest BCUT2D eigenvalue weighted by atomic mass is 16.5. The molecule has 2 fully saturated rings. The normalized spacial score (nSPS) is 37.6. The minimum Gasteiger partial charge on any atom is -0.378 e. The molecule has 0 aromatic carbocycles. The summed E-state index contributed by atoms with van der Waals surface area (Å²) in [7, 11) is 1.64. The van der Waals surface area contributed by atoms with Crippen LogP contribution < -0.4 is 10.6 Å². The van der Waals surface area contributed by atoms with E-state index in [1.807, 2.05) is 13.8 Å². The summed E-state index contributed by atoms with van der Waals surface area (Å²) in [5.74, 6) is 0.495. The van der Waals surface area contributed by atoms with E-state index < -0.39 is 5.54 Å². The second kappa shape index (κ2) is 2.70. The molecule has 1 amide bonds. The zero-order valence-electron chi connectivity index (χ0n) is 8.68. The van der Waals surface area contributed by atoms with E-state index in [0.717, 1.165) is 0 Å². The second-order valence-electron chi connectivity index (χ2n) is 4.43. The molecule has 78 valence electrons. The van der Waals surface area contributed by atoms with Crippen molar-refractivity contribution in [2.75, 3.05) is 20.3 Å². The molecule has 5 heteroatoms. The van der Waals surface area contributed by atoms with E-state index in [1.54, 1.807) is 7.05 Å². The van der Waals surface area contributed by atoms with E-state index in [2.05, 4.69) is 15.6 Å². The number of hydrogen-bond donors (Lipinski definition) is 2. The third kappa shape index (κ3) is 0.987. The number of carbonyl (C=O) groups is 1. The number of guanidine groups is 1. The molecule has 0 aromatic heterocycles. The molecule has 0 bridgehead atoms. The molecule has 0 aromatic rings. The molecule has 2 saturated heterocycles. The van der Waals surface area contributed by atoms with E-state index in [4.69, 9.17) is 4.74 Å². The molecule has 2 heterocycles. The van der Waals surface area contributed by atoms with Crippen molar-refractivity contribution in [1.82, 2.24) is 10.6 Å². The predicted molar refractivity (Wildman–Crippen MR) is 52.0 cm³/mol. The number of nitrogens with one attached hydrogen (secondary N) is 2. The van der Waals surface area contributed by atoms with Crippen LogP contribution in [-0.2, 0) is 9.53 Å². The summed E-state index contributed by atoms with van der Waals surface area (Å²) in [5.41, 5.74) is -0.842. The molecule has 2 N–H and O–H groups in total. The highest BCUT2D eigenvalue weighted by molar-refractivity contribution is 6.09. The van der Waals surface area contributed by atoms with Crippen LogP contribution in [0.4, 0.5) is 0 Å². The summed E-state index contributed by atoms with van der Waals surface area (Å²) in [6, 6.07) is 0. The first kappa shape index (κ1) is 9.45. The highest BCUT2D eigenvalue weighted by Gasteiger charge is 2.59. The van der Waals surface area contributed by atoms with Gasteiger partial charge in [-0.05, 0) is 0 Å². The third-order valence-corrected chi connectivity index (χ3v) is 3.11. The average Bonchev–Trinajstić information content (AvgIpc) is 2.58. The highest BCUT2D eigenvalue weighted by Crippen LogP contribution is 2.38. The Hall–Kier alpha value is -1.10. The fourth-order valence-electron chi connectivity index (χ4n) is 1.97. The zero-order valence-corrected chi connectivity index (χ0v) is 8.68. The van der Waals surface area contributed by atoms with Crippen molar-refractivity contribution in [1.29, 1.82) is 0 Å². The lowest BCUT2D eigenvalue weighted by molar-refractivity contribution is -0.126. The average molecular weight is 197 g/mol. The molecule has 14 heavy (non-hydrogen) atoms. The van der Waals surface area contributed by atoms with Gasteiger partial charge >= 0.3 is 0 Å². The van der Waals surface area contributed by atoms with Gasteiger partial charge in [-0.1, -0.05) is 13.8 Å². The number of hydrogen-bond acceptors (Lipinski definition) is 3. The molecule has 1 atom stereocenters. The van der Waals surface area contributed by atoms with Gasteiger partial charge in [0.2, 0.25) is 0 Å². The van der Waals surface area contributed by atoms with E-state index in [9.17, 15) is 4.79 Å². The summed E-state index contributed by atoms with van der Waals surface area (Å²) in [6.45, 7) is 5.03. The van der Waals surface area contributed by atoms with E-state index in [0.29, 0.717) is 19.2 Å². The van der Waals surface area contributed by atoms with Crippen molar-refractivity contribution in [2.24, 2.45) is 10.4 Å². The summed E-state index contributed by atoms with van der Waals surface area (Å²) >= 11 is 0. The topological polar surface area (TPSA) is 62.7 Å². The van der Waals surface area contributed by atoms with Gasteiger partial charge in [0.25, 0.3) is 5.91 Å². The summed E-state index contributed by atoms with van der Waals surface area (Å²) < 4.78 is 5.38. The Balaban J connectivity index is 2.37. The molecule has 0 saturated carbocycles. The fraction of sp³-hybridized carbons (Fsp3) is 0.778. The molecule has 1 unspecified atom stereocenters. The van der Waals surface area contributed by atoms with Crippen LogP contribution in [0.25, 0.3) is 0 Å². The van der Waals surface area contributed by atoms with Crippen molar-refractivity contribution in [2.45, 2.75) is 19.4 Å². The SMILES string of the molecule is CN=C1NC(=O)C2(COCC2(C)C)N1. The van der Waals surface area contributed by atoms with Crippen LogP contribution in [0, 0.1) is 5.41 Å². The molecule has 5 nitrogen and oxygen atoms in total. The summed E-state index contributed by atoms with van der Waals surface area (Å²) in [6.07, 6.45) is 0. The summed E-state index contributed by atoms with van der Waals surface area (Å²) in [5, 5.41) is 5.83. The first-order valence-electron chi connectivity index (χ1n) is 4.66. The van der Waals surface area contributed by atoms with Crippen molar-refractivity contribution < 1.29 is 9.53 Å². The lowest BCUT2D eigenvalue weighted by atomic mass is 9.75. The molecule has 2 rings (SSSR count). The Morgan fingerprint density at radius 3 is 2.57 bits per heavy atom. The smallest absolute Gasteiger partial charge is 0.255 e. The number of nitrogens with zero attached hydrogens (tertiary/aromatic N) is 1. The number of rotatable bonds is 0. The van der Waals surface area contributed by atoms with Gasteiger partial charge in [-0.2, -0.15) is 0 Å². The largest absolute Gasteiger partial charge is 0.378 e. The molecular weight excluding hydrogens is 182 g/mol. The van der Waals surface area contributed by atoms with Crippen LogP contribution >= 0.6 is 0 Å². The lowest BCUT2D eigenvalue weighted by Crippen LogP contribution is -2.57. The molecule has 0 aliphatic carbocycles. The maximum Gasteiger partial charge on any atom is 0.255 e. The Morgan fingerprint density at radius 1 is 1.43 bits per heavy atom. The maximum atomic E-state index is 11.8. The van der Waals surface area contributed by atoms with Gasteiger partial charge in [-0.15, -0.1) is 0 Å². The monoisotopic (exact) mass is 197 g/mol. The molecule has 1 spiro atoms. The molecule has 2 aliphatic heterocycles. The first-order valence-corrected chi connectivity index (χ1v) is 4.66. The Morgan fingerprint density at radius 2 is 2.14 bits per heavy atom. The predicted octanol–water partition coefficient (Wildman–Crippen LogP) is -0.513. The second-order valence-corrected chi connectivity index (χ2v) is 4.43. The van der Waals surface area contributed by atoms with Crippen molar-refractivity contribution in [3.63, 3.8) is 0 Å². The molecular formula is C9H15N3O2. The van der Waals surface area contributed by atoms with E-state index in [-0.39, 0.29) is 11.3 Å². The number of ether oxygens (including phenoxy) is 1. The Bertz CT molecular complexity index is 311. The molecule has 2 aliphatic rings. The Labute approximate surface area is 82.9 Å². The van der Waals surface area contributed by atoms with Gasteiger partial charge < -0.3 is 10.1 Å². The minimum atomic E-state index is -0.637. The van der Waals surface area contributed by atoms with E-state index in [1.165, 1.54) is 0 Å². The minimum absolute atomic E-state index is 0.0411. The van der Waals surface area contributed by atoms with Gasteiger partial charge in [-0.25, -0.2) is 0 Å². The quantitative estimate of drug-likeness (QED) is 0.549. The van der Waals surface area contributed by atoms with Crippen LogP contribution in [0.3, 0.4) is 0 Å². The first-order chi connectivity index (χ1) is 6.52. The standard InChI is InChI=1S/C9H15N3O2/c1-8(2)4-14-5-9(8)6(13)11-7(10-3)12-9/h4-5H2,1-3H3,(H2,10,11,12,13). The Kier molecular flexibility index (Phi) is 1.82. The van der Waals surface area contributed by atoms with Crippen molar-refractivity contribution >= 4 is 11.9 Å². The lowest BCUT2D eigenvalue weighted by Gasteiger charge is -2.32. The van der Waals surface area contributed by atoms with Crippen molar-refractivity contribution in [3.05, 3.63) is 0 Å². The van der Waals surface area contributed by atoms with Crippen LogP contribution in [0.5, 0.6) is 0 Å². The number of aliphatic imine (C=N–C) groups is 1. The molecule has 0 radical (unpaired) electrons. The van der Waals surface area contributed by atoms with Crippen LogP contribution in [0.1, 0.15) is 13.8 Å². The van der Waals surface area contributed by atoms with Crippen LogP contribution in [-0.4, -0.2) is 37.7 Å². The van der Waals surface area contributed by atoms with Crippen LogP contribution in [0.2, 0.25) is 0 Å². The van der Waals surface area contributed by atoms with E-state index >= 15 is 0 Å². The maximum absolute atomic E-state index is 11.8. The van der Waals surface area contributed by atoms with Gasteiger partial charge in [0.1, 0.15) is 0 Å². The van der Waals surface area contributed by atoms with Gasteiger partial charge in [0.05, 0.1) is 13.2 Å². The number of carbonyl (C=O) groups excluding carboxylic acids is 1. The van der Waals surface area contributed by atoms with Gasteiger partial charge in [0, 0.05) is 12.5 Å². The van der Waals surface area contributed by atoms with Crippen molar-refractivity contribution in [3.8, 4) is 0 Å².